The third-order valence-corrected chi connectivity index (χ3v) is 6.75. The van der Waals surface area contributed by atoms with Gasteiger partial charge in [-0.15, -0.1) is 0 Å². The van der Waals surface area contributed by atoms with E-state index in [1.165, 1.54) is 32.5 Å². The second kappa shape index (κ2) is 12.4. The lowest BCUT2D eigenvalue weighted by molar-refractivity contribution is -0.123. The van der Waals surface area contributed by atoms with Crippen LogP contribution < -0.4 is 29.2 Å². The molecule has 1 aromatic heterocycles. The number of nitrogens with one attached hydrogen (secondary N) is 1. The molecule has 202 valence electrons. The second-order valence-electron chi connectivity index (χ2n) is 9.08. The molecule has 1 atom stereocenters. The summed E-state index contributed by atoms with van der Waals surface area (Å²) in [7, 11) is 6.12. The van der Waals surface area contributed by atoms with E-state index < -0.39 is 11.9 Å². The summed E-state index contributed by atoms with van der Waals surface area (Å²) in [6, 6.07) is 12.4. The largest absolute Gasteiger partial charge is 0.497 e. The van der Waals surface area contributed by atoms with Crippen molar-refractivity contribution in [2.24, 2.45) is 0 Å². The standard InChI is InChI=1S/C29H34N2O7/c1-34-22-16-21(17-23(18-22)35-2)31(29(33)25-11-8-14-38-25)27(28(32)30-20-9-6-5-7-10-20)19-12-13-24(36-3)26(15-19)37-4/h8,11-18,20,27H,5-7,9-10H2,1-4H3,(H,30,32)/t27-/m1/s1. The minimum Gasteiger partial charge on any atom is -0.497 e. The van der Waals surface area contributed by atoms with Crippen LogP contribution in [0.5, 0.6) is 23.0 Å². The van der Waals surface area contributed by atoms with E-state index in [-0.39, 0.29) is 17.7 Å². The van der Waals surface area contributed by atoms with Gasteiger partial charge in [-0.2, -0.15) is 0 Å². The maximum absolute atomic E-state index is 14.1. The molecule has 2 amide bonds. The molecular weight excluding hydrogens is 488 g/mol. The number of benzene rings is 2. The molecule has 9 heteroatoms. The molecule has 0 spiro atoms. The zero-order valence-corrected chi connectivity index (χ0v) is 22.2. The van der Waals surface area contributed by atoms with Crippen LogP contribution in [-0.4, -0.2) is 46.3 Å². The van der Waals surface area contributed by atoms with Crippen molar-refractivity contribution in [3.63, 3.8) is 0 Å². The van der Waals surface area contributed by atoms with Crippen LogP contribution in [0.25, 0.3) is 0 Å². The van der Waals surface area contributed by atoms with Gasteiger partial charge in [0.2, 0.25) is 5.91 Å². The van der Waals surface area contributed by atoms with E-state index in [4.69, 9.17) is 23.4 Å². The number of methoxy groups -OCH3 is 4. The summed E-state index contributed by atoms with van der Waals surface area (Å²) in [5.74, 6) is 1.16. The van der Waals surface area contributed by atoms with Crippen LogP contribution in [0.1, 0.15) is 54.3 Å². The van der Waals surface area contributed by atoms with E-state index in [1.54, 1.807) is 55.6 Å². The van der Waals surface area contributed by atoms with Crippen LogP contribution in [0, 0.1) is 0 Å². The van der Waals surface area contributed by atoms with Gasteiger partial charge in [0.05, 0.1) is 40.4 Å². The number of carbonyl (C=O) groups excluding carboxylic acids is 2. The molecule has 0 saturated heterocycles. The molecule has 0 bridgehead atoms. The van der Waals surface area contributed by atoms with Crippen molar-refractivity contribution in [3.05, 3.63) is 66.1 Å². The molecule has 9 nitrogen and oxygen atoms in total. The Bertz CT molecular complexity index is 1210. The minimum absolute atomic E-state index is 0.0271. The van der Waals surface area contributed by atoms with Gasteiger partial charge in [-0.1, -0.05) is 25.3 Å². The fourth-order valence-corrected chi connectivity index (χ4v) is 4.80. The molecule has 2 aromatic carbocycles. The van der Waals surface area contributed by atoms with E-state index in [1.807, 2.05) is 0 Å². The van der Waals surface area contributed by atoms with Crippen LogP contribution in [0.4, 0.5) is 5.69 Å². The first-order valence-corrected chi connectivity index (χ1v) is 12.6. The third kappa shape index (κ3) is 5.88. The van der Waals surface area contributed by atoms with Gasteiger partial charge in [-0.05, 0) is 42.7 Å². The molecule has 0 unspecified atom stereocenters. The number of amides is 2. The Morgan fingerprint density at radius 3 is 2.13 bits per heavy atom. The van der Waals surface area contributed by atoms with Crippen molar-refractivity contribution < 1.29 is 33.0 Å². The average Bonchev–Trinajstić information content (AvgIpc) is 3.50. The Balaban J connectivity index is 1.89. The number of rotatable bonds is 10. The highest BCUT2D eigenvalue weighted by Crippen LogP contribution is 2.38. The zero-order valence-electron chi connectivity index (χ0n) is 22.2. The molecule has 3 aromatic rings. The van der Waals surface area contributed by atoms with Gasteiger partial charge in [0.15, 0.2) is 17.3 Å². The van der Waals surface area contributed by atoms with Gasteiger partial charge >= 0.3 is 0 Å². The highest BCUT2D eigenvalue weighted by Gasteiger charge is 2.36. The van der Waals surface area contributed by atoms with Crippen LogP contribution in [0.15, 0.2) is 59.2 Å². The van der Waals surface area contributed by atoms with Crippen molar-refractivity contribution in [3.8, 4) is 23.0 Å². The Labute approximate surface area is 222 Å². The Hall–Kier alpha value is -4.14. The average molecular weight is 523 g/mol. The fourth-order valence-electron chi connectivity index (χ4n) is 4.80. The van der Waals surface area contributed by atoms with Gasteiger partial charge in [-0.3, -0.25) is 14.5 Å². The third-order valence-electron chi connectivity index (χ3n) is 6.75. The Morgan fingerprint density at radius 1 is 0.868 bits per heavy atom. The molecule has 1 fully saturated rings. The van der Waals surface area contributed by atoms with E-state index in [9.17, 15) is 9.59 Å². The number of ether oxygens (including phenoxy) is 4. The number of nitrogens with zero attached hydrogens (tertiary/aromatic N) is 1. The number of anilines is 1. The molecule has 1 heterocycles. The summed E-state index contributed by atoms with van der Waals surface area (Å²) in [6.07, 6.45) is 6.46. The fraction of sp³-hybridized carbons (Fsp3) is 0.379. The van der Waals surface area contributed by atoms with E-state index in [2.05, 4.69) is 5.32 Å². The van der Waals surface area contributed by atoms with Crippen molar-refractivity contribution in [1.82, 2.24) is 5.32 Å². The van der Waals surface area contributed by atoms with Crippen LogP contribution in [0.3, 0.4) is 0 Å². The lowest BCUT2D eigenvalue weighted by atomic mass is 9.94. The molecule has 0 aliphatic heterocycles. The monoisotopic (exact) mass is 522 g/mol. The summed E-state index contributed by atoms with van der Waals surface area (Å²) in [4.78, 5) is 29.5. The molecule has 1 aliphatic rings. The molecule has 1 N–H and O–H groups in total. The van der Waals surface area contributed by atoms with Crippen molar-refractivity contribution in [1.29, 1.82) is 0 Å². The second-order valence-corrected chi connectivity index (χ2v) is 9.08. The van der Waals surface area contributed by atoms with Crippen molar-refractivity contribution in [2.75, 3.05) is 33.3 Å². The summed E-state index contributed by atoms with van der Waals surface area (Å²) in [6.45, 7) is 0. The number of hydrogen-bond donors (Lipinski definition) is 1. The highest BCUT2D eigenvalue weighted by atomic mass is 16.5. The lowest BCUT2D eigenvalue weighted by Gasteiger charge is -2.33. The summed E-state index contributed by atoms with van der Waals surface area (Å²) in [5.41, 5.74) is 0.943. The summed E-state index contributed by atoms with van der Waals surface area (Å²) in [5, 5.41) is 3.19. The molecule has 1 aliphatic carbocycles. The predicted molar refractivity (Wildman–Crippen MR) is 142 cm³/mol. The van der Waals surface area contributed by atoms with Gasteiger partial charge in [0.25, 0.3) is 5.91 Å². The number of hydrogen-bond acceptors (Lipinski definition) is 7. The molecule has 4 rings (SSSR count). The first-order chi connectivity index (χ1) is 18.5. The first kappa shape index (κ1) is 26.9. The van der Waals surface area contributed by atoms with Crippen molar-refractivity contribution in [2.45, 2.75) is 44.2 Å². The van der Waals surface area contributed by atoms with Gasteiger partial charge in [-0.25, -0.2) is 0 Å². The normalized spacial score (nSPS) is 14.3. The predicted octanol–water partition coefficient (Wildman–Crippen LogP) is 5.15. The number of carbonyl (C=O) groups is 2. The number of furan rings is 1. The summed E-state index contributed by atoms with van der Waals surface area (Å²) < 4.78 is 27.4. The minimum atomic E-state index is -1.06. The van der Waals surface area contributed by atoms with Crippen LogP contribution in [-0.2, 0) is 4.79 Å². The Kier molecular flexibility index (Phi) is 8.78. The van der Waals surface area contributed by atoms with E-state index >= 15 is 0 Å². The van der Waals surface area contributed by atoms with Crippen LogP contribution in [0.2, 0.25) is 0 Å². The molecule has 0 radical (unpaired) electrons. The highest BCUT2D eigenvalue weighted by molar-refractivity contribution is 6.09. The molecular formula is C29H34N2O7. The summed E-state index contributed by atoms with van der Waals surface area (Å²) >= 11 is 0. The molecule has 38 heavy (non-hydrogen) atoms. The van der Waals surface area contributed by atoms with E-state index in [0.29, 0.717) is 34.2 Å². The lowest BCUT2D eigenvalue weighted by Crippen LogP contribution is -2.47. The zero-order chi connectivity index (χ0) is 27.1. The molecule has 1 saturated carbocycles. The van der Waals surface area contributed by atoms with Gasteiger partial charge in [0.1, 0.15) is 17.5 Å². The SMILES string of the molecule is COc1cc(OC)cc(N(C(=O)c2ccco2)[C@@H](C(=O)NC2CCCCC2)c2ccc(OC)c(OC)c2)c1. The van der Waals surface area contributed by atoms with Gasteiger partial charge < -0.3 is 28.7 Å². The Morgan fingerprint density at radius 2 is 1.55 bits per heavy atom. The smallest absolute Gasteiger partial charge is 0.294 e. The topological polar surface area (TPSA) is 99.5 Å². The van der Waals surface area contributed by atoms with E-state index in [0.717, 1.165) is 32.1 Å². The maximum atomic E-state index is 14.1. The first-order valence-electron chi connectivity index (χ1n) is 12.6. The van der Waals surface area contributed by atoms with Crippen LogP contribution >= 0.6 is 0 Å². The quantitative estimate of drug-likeness (QED) is 0.393. The van der Waals surface area contributed by atoms with Gasteiger partial charge in [0, 0.05) is 24.2 Å². The van der Waals surface area contributed by atoms with Crippen molar-refractivity contribution >= 4 is 17.5 Å². The maximum Gasteiger partial charge on any atom is 0.294 e.